The molecule has 0 spiro atoms. The number of guanidine groups is 1. The molecule has 29 heavy (non-hydrogen) atoms. The lowest BCUT2D eigenvalue weighted by Crippen LogP contribution is -2.39. The molecule has 0 aliphatic heterocycles. The van der Waals surface area contributed by atoms with Crippen LogP contribution in [0.3, 0.4) is 0 Å². The number of nitrogens with one attached hydrogen (secondary N) is 2. The maximum atomic E-state index is 13.8. The van der Waals surface area contributed by atoms with Gasteiger partial charge in [-0.1, -0.05) is 31.1 Å². The Hall–Kier alpha value is -1.69. The number of rotatable bonds is 9. The van der Waals surface area contributed by atoms with Crippen molar-refractivity contribution in [2.75, 3.05) is 18.8 Å². The zero-order valence-electron chi connectivity index (χ0n) is 16.9. The van der Waals surface area contributed by atoms with Crippen molar-refractivity contribution in [1.29, 1.82) is 0 Å². The quantitative estimate of drug-likeness (QED) is 0.290. The highest BCUT2D eigenvalue weighted by Gasteiger charge is 2.18. The Balaban J connectivity index is 0.00000420. The summed E-state index contributed by atoms with van der Waals surface area (Å²) in [5.74, 6) is 0.302. The average Bonchev–Trinajstić information content (AvgIpc) is 3.08. The first kappa shape index (κ1) is 25.3. The van der Waals surface area contributed by atoms with Gasteiger partial charge in [-0.15, -0.1) is 24.0 Å². The number of hydrogen-bond acceptors (Lipinski definition) is 5. The largest absolute Gasteiger partial charge is 0.361 e. The van der Waals surface area contributed by atoms with Gasteiger partial charge in [0.15, 0.2) is 15.8 Å². The molecule has 0 unspecified atom stereocenters. The Labute approximate surface area is 188 Å². The lowest BCUT2D eigenvalue weighted by atomic mass is 10.1. The van der Waals surface area contributed by atoms with Crippen LogP contribution >= 0.6 is 24.0 Å². The minimum Gasteiger partial charge on any atom is -0.361 e. The third-order valence-electron chi connectivity index (χ3n) is 4.18. The number of halogens is 2. The van der Waals surface area contributed by atoms with Crippen LogP contribution in [0.5, 0.6) is 0 Å². The first-order valence-electron chi connectivity index (χ1n) is 9.38. The molecule has 10 heteroatoms. The minimum absolute atomic E-state index is 0. The molecule has 1 aromatic carbocycles. The van der Waals surface area contributed by atoms with Crippen molar-refractivity contribution in [3.05, 3.63) is 47.1 Å². The summed E-state index contributed by atoms with van der Waals surface area (Å²) < 4.78 is 43.8. The number of aromatic nitrogens is 1. The summed E-state index contributed by atoms with van der Waals surface area (Å²) in [4.78, 5) is 4.22. The van der Waals surface area contributed by atoms with Gasteiger partial charge in [-0.3, -0.25) is 0 Å². The van der Waals surface area contributed by atoms with E-state index in [9.17, 15) is 12.8 Å². The van der Waals surface area contributed by atoms with E-state index in [1.165, 1.54) is 18.2 Å². The third kappa shape index (κ3) is 6.95. The van der Waals surface area contributed by atoms with Gasteiger partial charge in [0.05, 0.1) is 18.0 Å². The van der Waals surface area contributed by atoms with Crippen molar-refractivity contribution in [3.63, 3.8) is 0 Å². The van der Waals surface area contributed by atoms with Crippen LogP contribution in [-0.4, -0.2) is 38.4 Å². The molecule has 0 amide bonds. The monoisotopic (exact) mass is 538 g/mol. The van der Waals surface area contributed by atoms with E-state index in [0.29, 0.717) is 19.0 Å². The molecule has 7 nitrogen and oxygen atoms in total. The van der Waals surface area contributed by atoms with Gasteiger partial charge in [0.2, 0.25) is 0 Å². The van der Waals surface area contributed by atoms with Gasteiger partial charge in [0.1, 0.15) is 16.5 Å². The van der Waals surface area contributed by atoms with Gasteiger partial charge in [-0.05, 0) is 25.5 Å². The number of sulfone groups is 1. The van der Waals surface area contributed by atoms with Crippen molar-refractivity contribution in [1.82, 2.24) is 15.8 Å². The van der Waals surface area contributed by atoms with Gasteiger partial charge < -0.3 is 15.2 Å². The molecule has 0 aliphatic carbocycles. The number of aryl methyl sites for hydroxylation is 2. The van der Waals surface area contributed by atoms with Crippen LogP contribution < -0.4 is 10.6 Å². The van der Waals surface area contributed by atoms with E-state index in [4.69, 9.17) is 4.52 Å². The van der Waals surface area contributed by atoms with Crippen LogP contribution in [0.4, 0.5) is 4.39 Å². The Morgan fingerprint density at radius 1 is 1.17 bits per heavy atom. The fraction of sp³-hybridized carbons (Fsp3) is 0.474. The molecule has 0 radical (unpaired) electrons. The number of hydrogen-bond donors (Lipinski definition) is 2. The Morgan fingerprint density at radius 3 is 2.52 bits per heavy atom. The first-order valence-corrected chi connectivity index (χ1v) is 11.0. The van der Waals surface area contributed by atoms with Crippen LogP contribution in [0.15, 0.2) is 38.7 Å². The second-order valence-corrected chi connectivity index (χ2v) is 8.19. The molecule has 0 fully saturated rings. The standard InChI is InChI=1S/C19H27FN4O3S.HI/c1-4-16-14(17(5-2)27-24-16)13-23-19(21-6-3)22-11-12-28(25,26)18-10-8-7-9-15(18)20;/h7-10H,4-6,11-13H2,1-3H3,(H2,21,22,23);1H. The molecule has 1 aromatic heterocycles. The van der Waals surface area contributed by atoms with E-state index >= 15 is 0 Å². The van der Waals surface area contributed by atoms with Gasteiger partial charge in [0.25, 0.3) is 0 Å². The van der Waals surface area contributed by atoms with Crippen molar-refractivity contribution in [2.24, 2.45) is 4.99 Å². The van der Waals surface area contributed by atoms with Crippen LogP contribution in [0, 0.1) is 5.82 Å². The molecule has 0 saturated heterocycles. The van der Waals surface area contributed by atoms with E-state index in [-0.39, 0.29) is 41.2 Å². The Bertz CT molecular complexity index is 894. The average molecular weight is 538 g/mol. The van der Waals surface area contributed by atoms with Crippen molar-refractivity contribution in [2.45, 2.75) is 45.1 Å². The highest BCUT2D eigenvalue weighted by atomic mass is 127. The molecular formula is C19H28FIN4O3S. The van der Waals surface area contributed by atoms with Crippen molar-refractivity contribution in [3.8, 4) is 0 Å². The fourth-order valence-electron chi connectivity index (χ4n) is 2.73. The summed E-state index contributed by atoms with van der Waals surface area (Å²) >= 11 is 0. The molecular weight excluding hydrogens is 510 g/mol. The van der Waals surface area contributed by atoms with E-state index in [1.807, 2.05) is 20.8 Å². The van der Waals surface area contributed by atoms with Crippen LogP contribution in [0.25, 0.3) is 0 Å². The molecule has 2 rings (SSSR count). The van der Waals surface area contributed by atoms with Gasteiger partial charge >= 0.3 is 0 Å². The smallest absolute Gasteiger partial charge is 0.191 e. The first-order chi connectivity index (χ1) is 13.4. The summed E-state index contributed by atoms with van der Waals surface area (Å²) in [6.45, 7) is 7.02. The Morgan fingerprint density at radius 2 is 1.90 bits per heavy atom. The fourth-order valence-corrected chi connectivity index (χ4v) is 3.97. The van der Waals surface area contributed by atoms with Crippen LogP contribution in [0.1, 0.15) is 37.8 Å². The van der Waals surface area contributed by atoms with Crippen LogP contribution in [-0.2, 0) is 29.2 Å². The summed E-state index contributed by atoms with van der Waals surface area (Å²) in [5, 5.41) is 10.1. The number of benzene rings is 1. The molecule has 162 valence electrons. The zero-order chi connectivity index (χ0) is 20.6. The lowest BCUT2D eigenvalue weighted by Gasteiger charge is -2.12. The molecule has 0 atom stereocenters. The summed E-state index contributed by atoms with van der Waals surface area (Å²) in [5.41, 5.74) is 1.83. The van der Waals surface area contributed by atoms with Crippen molar-refractivity contribution >= 4 is 39.8 Å². The zero-order valence-corrected chi connectivity index (χ0v) is 20.0. The SMILES string of the molecule is CCNC(=NCc1c(CC)noc1CC)NCCS(=O)(=O)c1ccccc1F.I. The maximum absolute atomic E-state index is 13.8. The molecule has 2 N–H and O–H groups in total. The predicted octanol–water partition coefficient (Wildman–Crippen LogP) is 3.09. The van der Waals surface area contributed by atoms with Gasteiger partial charge in [0, 0.05) is 25.1 Å². The third-order valence-corrected chi connectivity index (χ3v) is 5.92. The highest BCUT2D eigenvalue weighted by molar-refractivity contribution is 14.0. The second-order valence-electron chi connectivity index (χ2n) is 6.11. The summed E-state index contributed by atoms with van der Waals surface area (Å²) in [6, 6.07) is 5.38. The molecule has 0 saturated carbocycles. The summed E-state index contributed by atoms with van der Waals surface area (Å²) in [6.07, 6.45) is 1.47. The van der Waals surface area contributed by atoms with Crippen molar-refractivity contribution < 1.29 is 17.3 Å². The lowest BCUT2D eigenvalue weighted by molar-refractivity contribution is 0.380. The predicted molar refractivity (Wildman–Crippen MR) is 122 cm³/mol. The second kappa shape index (κ2) is 12.1. The normalized spacial score (nSPS) is 11.8. The van der Waals surface area contributed by atoms with E-state index in [0.717, 1.165) is 35.9 Å². The Kier molecular flexibility index (Phi) is 10.6. The number of nitrogens with zero attached hydrogens (tertiary/aromatic N) is 2. The maximum Gasteiger partial charge on any atom is 0.191 e. The molecule has 0 bridgehead atoms. The van der Waals surface area contributed by atoms with E-state index < -0.39 is 15.7 Å². The van der Waals surface area contributed by atoms with E-state index in [2.05, 4.69) is 20.8 Å². The van der Waals surface area contributed by atoms with Crippen LogP contribution in [0.2, 0.25) is 0 Å². The molecule has 0 aliphatic rings. The highest BCUT2D eigenvalue weighted by Crippen LogP contribution is 2.17. The summed E-state index contributed by atoms with van der Waals surface area (Å²) in [7, 11) is -3.73. The molecule has 2 aromatic rings. The topological polar surface area (TPSA) is 96.6 Å². The molecule has 1 heterocycles. The van der Waals surface area contributed by atoms with Gasteiger partial charge in [-0.25, -0.2) is 17.8 Å². The van der Waals surface area contributed by atoms with E-state index in [1.54, 1.807) is 0 Å². The number of aliphatic imine (C=N–C) groups is 1. The van der Waals surface area contributed by atoms with Gasteiger partial charge in [-0.2, -0.15) is 0 Å². The minimum atomic E-state index is -3.73.